The highest BCUT2D eigenvalue weighted by molar-refractivity contribution is 6.31. The summed E-state index contributed by atoms with van der Waals surface area (Å²) >= 11 is 6.31. The number of anilines is 2. The lowest BCUT2D eigenvalue weighted by molar-refractivity contribution is -0.124. The summed E-state index contributed by atoms with van der Waals surface area (Å²) in [6.45, 7) is 0.917. The predicted molar refractivity (Wildman–Crippen MR) is 117 cm³/mol. The van der Waals surface area contributed by atoms with Crippen molar-refractivity contribution in [2.75, 3.05) is 23.4 Å². The fourth-order valence-corrected chi connectivity index (χ4v) is 5.98. The Kier molecular flexibility index (Phi) is 3.46. The van der Waals surface area contributed by atoms with Gasteiger partial charge in [-0.3, -0.25) is 4.79 Å². The van der Waals surface area contributed by atoms with Crippen LogP contribution < -0.4 is 9.80 Å². The molecule has 3 heterocycles. The first-order chi connectivity index (χ1) is 14.1. The van der Waals surface area contributed by atoms with Gasteiger partial charge >= 0.3 is 0 Å². The van der Waals surface area contributed by atoms with E-state index < -0.39 is 5.41 Å². The van der Waals surface area contributed by atoms with Gasteiger partial charge in [0.05, 0.1) is 6.04 Å². The molecule has 3 nitrogen and oxygen atoms in total. The second kappa shape index (κ2) is 5.87. The summed E-state index contributed by atoms with van der Waals surface area (Å²) in [6, 6.07) is 23.1. The molecule has 0 bridgehead atoms. The van der Waals surface area contributed by atoms with E-state index in [4.69, 9.17) is 11.6 Å². The summed E-state index contributed by atoms with van der Waals surface area (Å²) in [5, 5.41) is 0.664. The molecule has 144 valence electrons. The van der Waals surface area contributed by atoms with E-state index in [2.05, 4.69) is 59.5 Å². The molecule has 3 aromatic rings. The van der Waals surface area contributed by atoms with Crippen molar-refractivity contribution in [1.29, 1.82) is 0 Å². The van der Waals surface area contributed by atoms with Crippen LogP contribution in [-0.4, -0.2) is 19.5 Å². The third kappa shape index (κ3) is 2.11. The van der Waals surface area contributed by atoms with E-state index in [1.54, 1.807) is 0 Å². The third-order valence-electron chi connectivity index (χ3n) is 7.01. The number of benzene rings is 3. The molecule has 0 aliphatic carbocycles. The molecule has 0 unspecified atom stereocenters. The minimum Gasteiger partial charge on any atom is -0.362 e. The molecule has 4 heteroatoms. The molecule has 1 spiro atoms. The maximum atomic E-state index is 14.0. The van der Waals surface area contributed by atoms with E-state index >= 15 is 0 Å². The fourth-order valence-electron chi connectivity index (χ4n) is 5.81. The van der Waals surface area contributed by atoms with E-state index in [-0.39, 0.29) is 11.9 Å². The number of nitrogens with zero attached hydrogens (tertiary/aromatic N) is 2. The zero-order chi connectivity index (χ0) is 19.8. The summed E-state index contributed by atoms with van der Waals surface area (Å²) in [7, 11) is 1.88. The van der Waals surface area contributed by atoms with Gasteiger partial charge in [0.1, 0.15) is 5.41 Å². The molecule has 0 fully saturated rings. The maximum absolute atomic E-state index is 14.0. The largest absolute Gasteiger partial charge is 0.362 e. The molecule has 2 atom stereocenters. The van der Waals surface area contributed by atoms with Crippen molar-refractivity contribution in [2.45, 2.75) is 24.3 Å². The first-order valence-corrected chi connectivity index (χ1v) is 10.5. The van der Waals surface area contributed by atoms with Gasteiger partial charge in [-0.05, 0) is 53.3 Å². The van der Waals surface area contributed by atoms with E-state index in [1.165, 1.54) is 22.4 Å². The fraction of sp³-hybridized carbons (Fsp3) is 0.240. The van der Waals surface area contributed by atoms with Gasteiger partial charge in [-0.25, -0.2) is 0 Å². The lowest BCUT2D eigenvalue weighted by atomic mass is 9.64. The number of rotatable bonds is 0. The molecule has 0 radical (unpaired) electrons. The Morgan fingerprint density at radius 1 is 0.966 bits per heavy atom. The normalized spacial score (nSPS) is 24.2. The van der Waals surface area contributed by atoms with Crippen LogP contribution >= 0.6 is 11.6 Å². The van der Waals surface area contributed by atoms with Crippen molar-refractivity contribution in [3.63, 3.8) is 0 Å². The van der Waals surface area contributed by atoms with Crippen LogP contribution in [-0.2, 0) is 23.1 Å². The number of hydrogen-bond acceptors (Lipinski definition) is 2. The number of amides is 1. The second-order valence-electron chi connectivity index (χ2n) is 8.35. The average molecular weight is 401 g/mol. The molecule has 0 saturated heterocycles. The summed E-state index contributed by atoms with van der Waals surface area (Å²) < 4.78 is 0. The maximum Gasteiger partial charge on any atom is 0.240 e. The van der Waals surface area contributed by atoms with Crippen molar-refractivity contribution >= 4 is 28.9 Å². The highest BCUT2D eigenvalue weighted by Gasteiger charge is 2.60. The number of hydrogen-bond donors (Lipinski definition) is 0. The van der Waals surface area contributed by atoms with Gasteiger partial charge in [-0.15, -0.1) is 0 Å². The summed E-state index contributed by atoms with van der Waals surface area (Å²) in [5.41, 5.74) is 6.52. The molecular weight excluding hydrogens is 380 g/mol. The van der Waals surface area contributed by atoms with Crippen LogP contribution in [0.15, 0.2) is 66.7 Å². The molecule has 3 aliphatic rings. The highest BCUT2D eigenvalue weighted by Crippen LogP contribution is 2.58. The van der Waals surface area contributed by atoms with E-state index in [1.807, 2.05) is 24.1 Å². The van der Waals surface area contributed by atoms with Crippen molar-refractivity contribution in [3.05, 3.63) is 94.0 Å². The van der Waals surface area contributed by atoms with Gasteiger partial charge in [0.25, 0.3) is 0 Å². The molecule has 0 aromatic heterocycles. The Hall–Kier alpha value is -2.78. The molecule has 3 aliphatic heterocycles. The lowest BCUT2D eigenvalue weighted by Crippen LogP contribution is -2.56. The van der Waals surface area contributed by atoms with Gasteiger partial charge < -0.3 is 9.80 Å². The molecule has 6 rings (SSSR count). The Morgan fingerprint density at radius 3 is 2.59 bits per heavy atom. The second-order valence-corrected chi connectivity index (χ2v) is 8.78. The molecule has 0 N–H and O–H groups in total. The summed E-state index contributed by atoms with van der Waals surface area (Å²) in [5.74, 6) is 0.163. The number of likely N-dealkylation sites (N-methyl/N-ethyl adjacent to an activating group) is 1. The molecule has 0 saturated carbocycles. The zero-order valence-electron chi connectivity index (χ0n) is 16.2. The predicted octanol–water partition coefficient (Wildman–Crippen LogP) is 4.91. The van der Waals surface area contributed by atoms with Crippen LogP contribution in [0.4, 0.5) is 11.4 Å². The van der Waals surface area contributed by atoms with Gasteiger partial charge in [-0.1, -0.05) is 60.1 Å². The number of halogens is 1. The van der Waals surface area contributed by atoms with E-state index in [0.717, 1.165) is 24.2 Å². The first kappa shape index (κ1) is 17.1. The highest BCUT2D eigenvalue weighted by atomic mass is 35.5. The molecule has 1 amide bonds. The van der Waals surface area contributed by atoms with Gasteiger partial charge in [0, 0.05) is 30.0 Å². The van der Waals surface area contributed by atoms with Crippen LogP contribution in [0.1, 0.15) is 28.3 Å². The van der Waals surface area contributed by atoms with Crippen molar-refractivity contribution in [3.8, 4) is 0 Å². The number of para-hydroxylation sites is 1. The molecule has 3 aromatic carbocycles. The standard InChI is InChI=1S/C25H21ClN2O/c1-27-22-14-18(26)10-11-20(22)25(24(27)29)15-17-7-3-5-9-21(17)28-13-12-16-6-2-4-8-19(16)23(25)28/h2-11,14,23H,12-13,15H2,1H3/t23-,25-/m0/s1. The minimum absolute atomic E-state index is 0.0141. The topological polar surface area (TPSA) is 23.6 Å². The van der Waals surface area contributed by atoms with Crippen LogP contribution in [0.5, 0.6) is 0 Å². The molecule has 29 heavy (non-hydrogen) atoms. The van der Waals surface area contributed by atoms with Crippen LogP contribution in [0.25, 0.3) is 0 Å². The Balaban J connectivity index is 1.69. The van der Waals surface area contributed by atoms with Gasteiger partial charge in [0.2, 0.25) is 5.91 Å². The van der Waals surface area contributed by atoms with Crippen LogP contribution in [0.3, 0.4) is 0 Å². The summed E-state index contributed by atoms with van der Waals surface area (Å²) in [6.07, 6.45) is 1.70. The minimum atomic E-state index is -0.639. The van der Waals surface area contributed by atoms with E-state index in [9.17, 15) is 4.79 Å². The quantitative estimate of drug-likeness (QED) is 0.535. The zero-order valence-corrected chi connectivity index (χ0v) is 17.0. The number of fused-ring (bicyclic) bond motifs is 8. The Labute approximate surface area is 175 Å². The van der Waals surface area contributed by atoms with Crippen molar-refractivity contribution in [2.24, 2.45) is 0 Å². The lowest BCUT2D eigenvalue weighted by Gasteiger charge is -2.52. The van der Waals surface area contributed by atoms with Crippen LogP contribution in [0, 0.1) is 0 Å². The smallest absolute Gasteiger partial charge is 0.240 e. The number of carbonyl (C=O) groups is 1. The first-order valence-electron chi connectivity index (χ1n) is 10.1. The SMILES string of the molecule is CN1C(=O)[C@@]2(Cc3ccccc3N3CCc4ccccc4[C@H]32)c2ccc(Cl)cc21. The van der Waals surface area contributed by atoms with Crippen molar-refractivity contribution < 1.29 is 4.79 Å². The van der Waals surface area contributed by atoms with Crippen molar-refractivity contribution in [1.82, 2.24) is 0 Å². The monoisotopic (exact) mass is 400 g/mol. The third-order valence-corrected chi connectivity index (χ3v) is 7.24. The molecular formula is C25H21ClN2O. The Bertz CT molecular complexity index is 1170. The van der Waals surface area contributed by atoms with E-state index in [0.29, 0.717) is 11.4 Å². The van der Waals surface area contributed by atoms with Gasteiger partial charge in [-0.2, -0.15) is 0 Å². The summed E-state index contributed by atoms with van der Waals surface area (Å²) in [4.78, 5) is 18.3. The average Bonchev–Trinajstić information content (AvgIpc) is 2.95. The van der Waals surface area contributed by atoms with Gasteiger partial charge in [0.15, 0.2) is 0 Å². The number of carbonyl (C=O) groups excluding carboxylic acids is 1. The van der Waals surface area contributed by atoms with Crippen LogP contribution in [0.2, 0.25) is 5.02 Å². The Morgan fingerprint density at radius 2 is 1.72 bits per heavy atom.